The molecule has 142 valence electrons. The third kappa shape index (κ3) is 3.54. The maximum absolute atomic E-state index is 13.0. The van der Waals surface area contributed by atoms with Crippen LogP contribution in [0.4, 0.5) is 18.9 Å². The number of carbonyl (C=O) groups excluding carboxylic acids is 2. The van der Waals surface area contributed by atoms with Crippen LogP contribution in [0.15, 0.2) is 48.5 Å². The normalized spacial score (nSPS) is 19.4. The summed E-state index contributed by atoms with van der Waals surface area (Å²) in [5.41, 5.74) is 0.581. The summed E-state index contributed by atoms with van der Waals surface area (Å²) in [5.74, 6) is -1.28. The number of ether oxygens (including phenoxy) is 1. The SMILES string of the molecule is COC(=O)[C@@H]1C[C@H](C)N(C(=O)c2ccc(C(F)(F)F)cc2)c2ccccc21. The lowest BCUT2D eigenvalue weighted by Crippen LogP contribution is -2.44. The van der Waals surface area contributed by atoms with Crippen molar-refractivity contribution < 1.29 is 27.5 Å². The Bertz CT molecular complexity index is 862. The fourth-order valence-electron chi connectivity index (χ4n) is 3.43. The van der Waals surface area contributed by atoms with E-state index in [-0.39, 0.29) is 17.6 Å². The summed E-state index contributed by atoms with van der Waals surface area (Å²) in [6, 6.07) is 10.8. The third-order valence-electron chi connectivity index (χ3n) is 4.75. The highest BCUT2D eigenvalue weighted by Crippen LogP contribution is 2.40. The quantitative estimate of drug-likeness (QED) is 0.729. The predicted octanol–water partition coefficient (Wildman–Crippen LogP) is 4.40. The number of methoxy groups -OCH3 is 1. The number of para-hydroxylation sites is 1. The van der Waals surface area contributed by atoms with E-state index in [4.69, 9.17) is 4.74 Å². The van der Waals surface area contributed by atoms with Crippen LogP contribution in [0.2, 0.25) is 0 Å². The summed E-state index contributed by atoms with van der Waals surface area (Å²) < 4.78 is 43.1. The molecule has 0 bridgehead atoms. The molecule has 0 N–H and O–H groups in total. The van der Waals surface area contributed by atoms with Gasteiger partial charge in [-0.1, -0.05) is 18.2 Å². The van der Waals surface area contributed by atoms with Gasteiger partial charge in [-0.05, 0) is 49.2 Å². The first-order valence-corrected chi connectivity index (χ1v) is 8.41. The van der Waals surface area contributed by atoms with Crippen molar-refractivity contribution in [3.8, 4) is 0 Å². The monoisotopic (exact) mass is 377 g/mol. The molecule has 1 amide bonds. The van der Waals surface area contributed by atoms with Gasteiger partial charge in [0.15, 0.2) is 0 Å². The summed E-state index contributed by atoms with van der Waals surface area (Å²) in [6.45, 7) is 1.80. The van der Waals surface area contributed by atoms with E-state index >= 15 is 0 Å². The van der Waals surface area contributed by atoms with E-state index in [2.05, 4.69) is 0 Å². The van der Waals surface area contributed by atoms with Crippen LogP contribution in [0.1, 0.15) is 40.7 Å². The molecule has 2 aromatic rings. The maximum atomic E-state index is 13.0. The zero-order valence-electron chi connectivity index (χ0n) is 14.8. The molecule has 0 saturated carbocycles. The first-order chi connectivity index (χ1) is 12.7. The molecule has 4 nitrogen and oxygen atoms in total. The van der Waals surface area contributed by atoms with Crippen molar-refractivity contribution in [2.45, 2.75) is 31.5 Å². The minimum Gasteiger partial charge on any atom is -0.469 e. The van der Waals surface area contributed by atoms with Gasteiger partial charge in [-0.3, -0.25) is 9.59 Å². The van der Waals surface area contributed by atoms with Gasteiger partial charge in [-0.25, -0.2) is 0 Å². The van der Waals surface area contributed by atoms with Gasteiger partial charge in [0.25, 0.3) is 5.91 Å². The Morgan fingerprint density at radius 1 is 1.07 bits per heavy atom. The molecule has 1 aliphatic heterocycles. The topological polar surface area (TPSA) is 46.6 Å². The number of hydrogen-bond acceptors (Lipinski definition) is 3. The van der Waals surface area contributed by atoms with Crippen LogP contribution in [0, 0.1) is 0 Å². The minimum atomic E-state index is -4.46. The molecule has 0 unspecified atom stereocenters. The Hall–Kier alpha value is -2.83. The second-order valence-electron chi connectivity index (χ2n) is 6.47. The molecule has 1 heterocycles. The molecule has 0 spiro atoms. The molecule has 0 fully saturated rings. The Morgan fingerprint density at radius 2 is 1.70 bits per heavy atom. The number of rotatable bonds is 2. The van der Waals surface area contributed by atoms with Crippen molar-refractivity contribution in [1.29, 1.82) is 0 Å². The average Bonchev–Trinajstić information content (AvgIpc) is 2.65. The van der Waals surface area contributed by atoms with Gasteiger partial charge >= 0.3 is 12.1 Å². The van der Waals surface area contributed by atoms with Crippen molar-refractivity contribution in [2.24, 2.45) is 0 Å². The molecule has 1 aliphatic rings. The number of fused-ring (bicyclic) bond motifs is 1. The molecular weight excluding hydrogens is 359 g/mol. The van der Waals surface area contributed by atoms with Crippen LogP contribution in [0.5, 0.6) is 0 Å². The van der Waals surface area contributed by atoms with Gasteiger partial charge < -0.3 is 9.64 Å². The van der Waals surface area contributed by atoms with Crippen molar-refractivity contribution in [3.63, 3.8) is 0 Å². The van der Waals surface area contributed by atoms with Crippen LogP contribution in [0.25, 0.3) is 0 Å². The van der Waals surface area contributed by atoms with E-state index in [1.165, 1.54) is 24.1 Å². The molecule has 7 heteroatoms. The molecule has 3 rings (SSSR count). The predicted molar refractivity (Wildman–Crippen MR) is 93.5 cm³/mol. The maximum Gasteiger partial charge on any atom is 0.416 e. The van der Waals surface area contributed by atoms with Crippen LogP contribution in [-0.2, 0) is 15.7 Å². The van der Waals surface area contributed by atoms with E-state index in [1.54, 1.807) is 31.2 Å². The third-order valence-corrected chi connectivity index (χ3v) is 4.75. The fourth-order valence-corrected chi connectivity index (χ4v) is 3.43. The summed E-state index contributed by atoms with van der Waals surface area (Å²) >= 11 is 0. The lowest BCUT2D eigenvalue weighted by molar-refractivity contribution is -0.142. The van der Waals surface area contributed by atoms with Gasteiger partial charge in [-0.2, -0.15) is 13.2 Å². The summed E-state index contributed by atoms with van der Waals surface area (Å²) in [6.07, 6.45) is -4.09. The van der Waals surface area contributed by atoms with Gasteiger partial charge in [0.05, 0.1) is 18.6 Å². The van der Waals surface area contributed by atoms with Crippen molar-refractivity contribution >= 4 is 17.6 Å². The number of alkyl halides is 3. The first kappa shape index (κ1) is 18.9. The van der Waals surface area contributed by atoms with Gasteiger partial charge in [0.1, 0.15) is 0 Å². The number of esters is 1. The number of carbonyl (C=O) groups is 2. The second kappa shape index (κ2) is 7.06. The summed E-state index contributed by atoms with van der Waals surface area (Å²) in [4.78, 5) is 26.7. The second-order valence-corrected chi connectivity index (χ2v) is 6.47. The number of hydrogen-bond donors (Lipinski definition) is 0. The molecule has 2 aromatic carbocycles. The van der Waals surface area contributed by atoms with E-state index in [0.29, 0.717) is 17.7 Å². The number of nitrogens with zero attached hydrogens (tertiary/aromatic N) is 1. The highest BCUT2D eigenvalue weighted by Gasteiger charge is 2.38. The molecule has 2 atom stereocenters. The Labute approximate surface area is 154 Å². The average molecular weight is 377 g/mol. The molecule has 0 radical (unpaired) electrons. The number of anilines is 1. The zero-order valence-corrected chi connectivity index (χ0v) is 14.8. The Morgan fingerprint density at radius 3 is 2.30 bits per heavy atom. The number of amides is 1. The van der Waals surface area contributed by atoms with Crippen LogP contribution in [0.3, 0.4) is 0 Å². The molecule has 0 saturated heterocycles. The lowest BCUT2D eigenvalue weighted by atomic mass is 9.85. The van der Waals surface area contributed by atoms with Gasteiger partial charge in [0.2, 0.25) is 0 Å². The largest absolute Gasteiger partial charge is 0.469 e. The van der Waals surface area contributed by atoms with Crippen molar-refractivity contribution in [2.75, 3.05) is 12.0 Å². The fraction of sp³-hybridized carbons (Fsp3) is 0.300. The lowest BCUT2D eigenvalue weighted by Gasteiger charge is -2.38. The number of benzene rings is 2. The number of halogens is 3. The molecule has 0 aromatic heterocycles. The van der Waals surface area contributed by atoms with E-state index in [0.717, 1.165) is 12.1 Å². The molecule has 0 aliphatic carbocycles. The smallest absolute Gasteiger partial charge is 0.416 e. The zero-order chi connectivity index (χ0) is 19.8. The van der Waals surface area contributed by atoms with Crippen LogP contribution >= 0.6 is 0 Å². The first-order valence-electron chi connectivity index (χ1n) is 8.41. The van der Waals surface area contributed by atoms with Crippen LogP contribution < -0.4 is 4.90 Å². The van der Waals surface area contributed by atoms with Gasteiger partial charge in [0, 0.05) is 17.3 Å². The van der Waals surface area contributed by atoms with E-state index in [1.807, 2.05) is 0 Å². The van der Waals surface area contributed by atoms with Crippen LogP contribution in [-0.4, -0.2) is 25.0 Å². The highest BCUT2D eigenvalue weighted by molar-refractivity contribution is 6.07. The molecule has 27 heavy (non-hydrogen) atoms. The van der Waals surface area contributed by atoms with Crippen molar-refractivity contribution in [3.05, 3.63) is 65.2 Å². The minimum absolute atomic E-state index is 0.154. The summed E-state index contributed by atoms with van der Waals surface area (Å²) in [7, 11) is 1.31. The van der Waals surface area contributed by atoms with E-state index in [9.17, 15) is 22.8 Å². The van der Waals surface area contributed by atoms with Crippen molar-refractivity contribution in [1.82, 2.24) is 0 Å². The van der Waals surface area contributed by atoms with E-state index < -0.39 is 23.6 Å². The summed E-state index contributed by atoms with van der Waals surface area (Å²) in [5, 5.41) is 0. The molecular formula is C20H18F3NO3. The van der Waals surface area contributed by atoms with Gasteiger partial charge in [-0.15, -0.1) is 0 Å². The standard InChI is InChI=1S/C20H18F3NO3/c1-12-11-16(19(26)27-2)15-5-3-4-6-17(15)24(12)18(25)13-7-9-14(10-8-13)20(21,22)23/h3-10,12,16H,11H2,1-2H3/t12-,16+/m0/s1. The Balaban J connectivity index is 1.98. The highest BCUT2D eigenvalue weighted by atomic mass is 19.4. The Kier molecular flexibility index (Phi) is 4.95.